The topological polar surface area (TPSA) is 81.4 Å². The molecule has 0 amide bonds. The molecule has 6 heteroatoms. The number of fused-ring (bicyclic) bond motifs is 2. The van der Waals surface area contributed by atoms with Crippen LogP contribution in [-0.4, -0.2) is 26.5 Å². The van der Waals surface area contributed by atoms with Gasteiger partial charge in [0.1, 0.15) is 5.82 Å². The van der Waals surface area contributed by atoms with Gasteiger partial charge in [0, 0.05) is 52.1 Å². The standard InChI is InChI=1S/C24H24N6/c1-15-4-3-5-20-17(14-27-23(15)20)8-10-25-24-26-11-9-22(30-24)29-19-6-7-21-18(13-19)12-16(2)28-21/h3-7,9,11-14,27-28H,8,10H2,1-2H3,(H2,25,26,29,30). The first kappa shape index (κ1) is 18.2. The van der Waals surface area contributed by atoms with Crippen LogP contribution in [0.15, 0.2) is 60.9 Å². The molecule has 0 fully saturated rings. The molecule has 0 bridgehead atoms. The van der Waals surface area contributed by atoms with Crippen LogP contribution >= 0.6 is 0 Å². The second kappa shape index (κ2) is 7.55. The van der Waals surface area contributed by atoms with Crippen LogP contribution in [0.25, 0.3) is 21.8 Å². The summed E-state index contributed by atoms with van der Waals surface area (Å²) < 4.78 is 0. The lowest BCUT2D eigenvalue weighted by Gasteiger charge is -2.08. The van der Waals surface area contributed by atoms with Crippen molar-refractivity contribution >= 4 is 39.3 Å². The number of nitrogens with zero attached hydrogens (tertiary/aromatic N) is 2. The molecule has 3 aromatic heterocycles. The van der Waals surface area contributed by atoms with Gasteiger partial charge in [0.25, 0.3) is 0 Å². The van der Waals surface area contributed by atoms with E-state index < -0.39 is 0 Å². The molecule has 0 aliphatic heterocycles. The van der Waals surface area contributed by atoms with Gasteiger partial charge in [-0.05, 0) is 61.7 Å². The van der Waals surface area contributed by atoms with Crippen molar-refractivity contribution in [2.75, 3.05) is 17.2 Å². The first-order valence-electron chi connectivity index (χ1n) is 10.1. The Hall–Kier alpha value is -3.80. The molecular weight excluding hydrogens is 372 g/mol. The number of hydrogen-bond donors (Lipinski definition) is 4. The highest BCUT2D eigenvalue weighted by Crippen LogP contribution is 2.23. The first-order valence-corrected chi connectivity index (χ1v) is 10.1. The molecule has 2 aromatic carbocycles. The average molecular weight is 396 g/mol. The lowest BCUT2D eigenvalue weighted by atomic mass is 10.1. The molecule has 0 saturated heterocycles. The summed E-state index contributed by atoms with van der Waals surface area (Å²) >= 11 is 0. The molecule has 0 spiro atoms. The van der Waals surface area contributed by atoms with Crippen molar-refractivity contribution < 1.29 is 0 Å². The molecule has 30 heavy (non-hydrogen) atoms. The Labute approximate surface area is 174 Å². The molecule has 5 aromatic rings. The third-order valence-corrected chi connectivity index (χ3v) is 5.37. The number of H-pyrrole nitrogens is 2. The van der Waals surface area contributed by atoms with Crippen LogP contribution in [0.1, 0.15) is 16.8 Å². The summed E-state index contributed by atoms with van der Waals surface area (Å²) in [5.41, 5.74) is 7.06. The molecule has 3 heterocycles. The second-order valence-electron chi connectivity index (χ2n) is 7.63. The fraction of sp³-hybridized carbons (Fsp3) is 0.167. The number of aryl methyl sites for hydroxylation is 2. The molecular formula is C24H24N6. The molecule has 0 saturated carbocycles. The van der Waals surface area contributed by atoms with Gasteiger partial charge in [0.15, 0.2) is 0 Å². The Morgan fingerprint density at radius 2 is 1.97 bits per heavy atom. The third-order valence-electron chi connectivity index (χ3n) is 5.37. The SMILES string of the molecule is Cc1cc2cc(Nc3ccnc(NCCc4c[nH]c5c(C)cccc45)n3)ccc2[nH]1. The van der Waals surface area contributed by atoms with E-state index in [2.05, 4.69) is 87.0 Å². The smallest absolute Gasteiger partial charge is 0.224 e. The summed E-state index contributed by atoms with van der Waals surface area (Å²) in [5.74, 6) is 1.39. The fourth-order valence-electron chi connectivity index (χ4n) is 3.90. The molecule has 0 aliphatic carbocycles. The van der Waals surface area contributed by atoms with Gasteiger partial charge < -0.3 is 20.6 Å². The van der Waals surface area contributed by atoms with E-state index in [9.17, 15) is 0 Å². The predicted molar refractivity (Wildman–Crippen MR) is 124 cm³/mol. The highest BCUT2D eigenvalue weighted by atomic mass is 15.1. The van der Waals surface area contributed by atoms with E-state index in [1.165, 1.54) is 27.4 Å². The summed E-state index contributed by atoms with van der Waals surface area (Å²) in [6.45, 7) is 4.95. The van der Waals surface area contributed by atoms with Gasteiger partial charge in [0.2, 0.25) is 5.95 Å². The van der Waals surface area contributed by atoms with Gasteiger partial charge in [-0.15, -0.1) is 0 Å². The monoisotopic (exact) mass is 396 g/mol. The normalized spacial score (nSPS) is 11.3. The van der Waals surface area contributed by atoms with Crippen LogP contribution in [0.2, 0.25) is 0 Å². The van der Waals surface area contributed by atoms with E-state index in [1.54, 1.807) is 6.20 Å². The van der Waals surface area contributed by atoms with Crippen molar-refractivity contribution in [3.05, 3.63) is 77.7 Å². The lowest BCUT2D eigenvalue weighted by Crippen LogP contribution is -2.08. The van der Waals surface area contributed by atoms with Crippen molar-refractivity contribution in [1.82, 2.24) is 19.9 Å². The van der Waals surface area contributed by atoms with Crippen molar-refractivity contribution in [2.24, 2.45) is 0 Å². The van der Waals surface area contributed by atoms with Crippen LogP contribution < -0.4 is 10.6 Å². The van der Waals surface area contributed by atoms with E-state index in [4.69, 9.17) is 0 Å². The van der Waals surface area contributed by atoms with E-state index >= 15 is 0 Å². The molecule has 0 unspecified atom stereocenters. The van der Waals surface area contributed by atoms with Crippen molar-refractivity contribution in [3.8, 4) is 0 Å². The number of aromatic amines is 2. The molecule has 4 N–H and O–H groups in total. The van der Waals surface area contributed by atoms with Gasteiger partial charge >= 0.3 is 0 Å². The van der Waals surface area contributed by atoms with Gasteiger partial charge in [-0.2, -0.15) is 4.98 Å². The van der Waals surface area contributed by atoms with Gasteiger partial charge in [0.05, 0.1) is 0 Å². The molecule has 6 nitrogen and oxygen atoms in total. The molecule has 0 radical (unpaired) electrons. The summed E-state index contributed by atoms with van der Waals surface area (Å²) in [6, 6.07) is 16.7. The zero-order valence-corrected chi connectivity index (χ0v) is 17.1. The second-order valence-corrected chi connectivity index (χ2v) is 7.63. The number of para-hydroxylation sites is 1. The minimum Gasteiger partial charge on any atom is -0.361 e. The summed E-state index contributed by atoms with van der Waals surface area (Å²) in [4.78, 5) is 15.7. The van der Waals surface area contributed by atoms with Crippen LogP contribution in [-0.2, 0) is 6.42 Å². The van der Waals surface area contributed by atoms with Crippen LogP contribution in [0.4, 0.5) is 17.5 Å². The highest BCUT2D eigenvalue weighted by Gasteiger charge is 2.06. The van der Waals surface area contributed by atoms with Crippen LogP contribution in [0.5, 0.6) is 0 Å². The summed E-state index contributed by atoms with van der Waals surface area (Å²) in [7, 11) is 0. The maximum absolute atomic E-state index is 4.60. The maximum atomic E-state index is 4.60. The summed E-state index contributed by atoms with van der Waals surface area (Å²) in [6.07, 6.45) is 4.76. The fourth-order valence-corrected chi connectivity index (χ4v) is 3.90. The predicted octanol–water partition coefficient (Wildman–Crippen LogP) is 5.45. The Bertz CT molecular complexity index is 1330. The zero-order chi connectivity index (χ0) is 20.5. The van der Waals surface area contributed by atoms with E-state index in [0.29, 0.717) is 5.95 Å². The highest BCUT2D eigenvalue weighted by molar-refractivity contribution is 5.86. The maximum Gasteiger partial charge on any atom is 0.224 e. The number of hydrogen-bond acceptors (Lipinski definition) is 4. The van der Waals surface area contributed by atoms with Gasteiger partial charge in [-0.3, -0.25) is 0 Å². The minimum absolute atomic E-state index is 0.620. The molecule has 5 rings (SSSR count). The zero-order valence-electron chi connectivity index (χ0n) is 17.1. The molecule has 0 atom stereocenters. The lowest BCUT2D eigenvalue weighted by molar-refractivity contribution is 0.991. The van der Waals surface area contributed by atoms with Crippen molar-refractivity contribution in [3.63, 3.8) is 0 Å². The van der Waals surface area contributed by atoms with Gasteiger partial charge in [-0.1, -0.05) is 18.2 Å². The van der Waals surface area contributed by atoms with Gasteiger partial charge in [-0.25, -0.2) is 4.98 Å². The minimum atomic E-state index is 0.620. The molecule has 0 aliphatic rings. The van der Waals surface area contributed by atoms with E-state index in [0.717, 1.165) is 35.7 Å². The van der Waals surface area contributed by atoms with E-state index in [1.807, 2.05) is 12.1 Å². The Balaban J connectivity index is 1.25. The number of rotatable bonds is 6. The quantitative estimate of drug-likeness (QED) is 0.307. The number of benzene rings is 2. The molecule has 150 valence electrons. The summed E-state index contributed by atoms with van der Waals surface area (Å²) in [5, 5.41) is 9.17. The Kier molecular flexibility index (Phi) is 4.59. The van der Waals surface area contributed by atoms with Crippen LogP contribution in [0, 0.1) is 13.8 Å². The van der Waals surface area contributed by atoms with E-state index in [-0.39, 0.29) is 0 Å². The van der Waals surface area contributed by atoms with Crippen molar-refractivity contribution in [1.29, 1.82) is 0 Å². The third kappa shape index (κ3) is 3.59. The number of anilines is 3. The average Bonchev–Trinajstić information content (AvgIpc) is 3.31. The number of aromatic nitrogens is 4. The first-order chi connectivity index (χ1) is 14.7. The largest absolute Gasteiger partial charge is 0.361 e. The van der Waals surface area contributed by atoms with Crippen molar-refractivity contribution in [2.45, 2.75) is 20.3 Å². The number of nitrogens with one attached hydrogen (secondary N) is 4. The Morgan fingerprint density at radius 1 is 1.03 bits per heavy atom. The Morgan fingerprint density at radius 3 is 2.90 bits per heavy atom. The van der Waals surface area contributed by atoms with Crippen LogP contribution in [0.3, 0.4) is 0 Å².